The highest BCUT2D eigenvalue weighted by atomic mass is 19.1. The van der Waals surface area contributed by atoms with Crippen molar-refractivity contribution in [2.75, 3.05) is 6.61 Å². The lowest BCUT2D eigenvalue weighted by molar-refractivity contribution is -0.223. The van der Waals surface area contributed by atoms with E-state index >= 15 is 0 Å². The van der Waals surface area contributed by atoms with Gasteiger partial charge >= 0.3 is 5.97 Å². The molecular formula is C20H15FN2O3. The van der Waals surface area contributed by atoms with Gasteiger partial charge < -0.3 is 14.5 Å². The first-order valence-corrected chi connectivity index (χ1v) is 8.19. The molecule has 0 spiro atoms. The summed E-state index contributed by atoms with van der Waals surface area (Å²) >= 11 is 0. The summed E-state index contributed by atoms with van der Waals surface area (Å²) in [6.07, 6.45) is 0.519. The summed E-state index contributed by atoms with van der Waals surface area (Å²) in [7, 11) is 0. The number of rotatable bonds is 2. The zero-order valence-corrected chi connectivity index (χ0v) is 14.0. The van der Waals surface area contributed by atoms with Crippen LogP contribution in [0, 0.1) is 17.1 Å². The number of carbonyl (C=O) groups is 1. The fourth-order valence-corrected chi connectivity index (χ4v) is 3.59. The molecule has 26 heavy (non-hydrogen) atoms. The first-order valence-electron chi connectivity index (χ1n) is 8.19. The Morgan fingerprint density at radius 1 is 1.31 bits per heavy atom. The van der Waals surface area contributed by atoms with Gasteiger partial charge in [-0.25, -0.2) is 4.39 Å². The third kappa shape index (κ3) is 2.29. The standard InChI is InChI=1S/C20H15FN2O3/c1-12(24)26-20(15-6-2-3-7-16(15)21)19-14(9-10-25-20)18-13(11-22)5-4-8-17(18)23-19/h2-8,23H,9-10H2,1H3. The molecule has 0 aliphatic carbocycles. The maximum absolute atomic E-state index is 14.6. The quantitative estimate of drug-likeness (QED) is 0.718. The summed E-state index contributed by atoms with van der Waals surface area (Å²) in [5.41, 5.74) is 2.58. The van der Waals surface area contributed by atoms with E-state index in [2.05, 4.69) is 11.1 Å². The molecule has 1 aromatic heterocycles. The fraction of sp³-hybridized carbons (Fsp3) is 0.200. The van der Waals surface area contributed by atoms with E-state index in [0.29, 0.717) is 23.2 Å². The molecule has 0 saturated carbocycles. The van der Waals surface area contributed by atoms with Gasteiger partial charge in [0.1, 0.15) is 5.82 Å². The van der Waals surface area contributed by atoms with Crippen LogP contribution in [0.3, 0.4) is 0 Å². The van der Waals surface area contributed by atoms with Crippen LogP contribution in [0.1, 0.15) is 29.3 Å². The lowest BCUT2D eigenvalue weighted by Crippen LogP contribution is -2.41. The van der Waals surface area contributed by atoms with Gasteiger partial charge in [-0.3, -0.25) is 4.79 Å². The van der Waals surface area contributed by atoms with Gasteiger partial charge in [0.25, 0.3) is 5.79 Å². The molecule has 0 radical (unpaired) electrons. The van der Waals surface area contributed by atoms with Crippen molar-refractivity contribution in [3.63, 3.8) is 0 Å². The molecule has 0 saturated heterocycles. The predicted octanol–water partition coefficient (Wildman–Crippen LogP) is 3.52. The first kappa shape index (κ1) is 16.3. The monoisotopic (exact) mass is 350 g/mol. The molecule has 1 atom stereocenters. The van der Waals surface area contributed by atoms with E-state index in [1.807, 2.05) is 6.07 Å². The number of nitrogens with zero attached hydrogens (tertiary/aromatic N) is 1. The summed E-state index contributed by atoms with van der Waals surface area (Å²) in [6.45, 7) is 1.48. The number of nitrogens with one attached hydrogen (secondary N) is 1. The van der Waals surface area contributed by atoms with Crippen LogP contribution < -0.4 is 0 Å². The van der Waals surface area contributed by atoms with Crippen molar-refractivity contribution in [3.05, 3.63) is 70.7 Å². The highest BCUT2D eigenvalue weighted by Gasteiger charge is 2.47. The Kier molecular flexibility index (Phi) is 3.74. The van der Waals surface area contributed by atoms with Crippen molar-refractivity contribution in [1.82, 2.24) is 4.98 Å². The molecule has 6 heteroatoms. The third-order valence-corrected chi connectivity index (χ3v) is 4.55. The fourth-order valence-electron chi connectivity index (χ4n) is 3.59. The summed E-state index contributed by atoms with van der Waals surface area (Å²) < 4.78 is 26.1. The number of fused-ring (bicyclic) bond motifs is 3. The van der Waals surface area contributed by atoms with E-state index in [-0.39, 0.29) is 12.2 Å². The number of hydrogen-bond donors (Lipinski definition) is 1. The van der Waals surface area contributed by atoms with Crippen LogP contribution in [0.4, 0.5) is 4.39 Å². The molecule has 0 amide bonds. The number of ether oxygens (including phenoxy) is 2. The Labute approximate surface area is 149 Å². The van der Waals surface area contributed by atoms with Crippen LogP contribution in [0.25, 0.3) is 10.9 Å². The average molecular weight is 350 g/mol. The molecule has 1 unspecified atom stereocenters. The molecular weight excluding hydrogens is 335 g/mol. The topological polar surface area (TPSA) is 75.1 Å². The number of hydrogen-bond acceptors (Lipinski definition) is 4. The second-order valence-electron chi connectivity index (χ2n) is 6.11. The van der Waals surface area contributed by atoms with E-state index in [4.69, 9.17) is 9.47 Å². The number of nitriles is 1. The van der Waals surface area contributed by atoms with Crippen LogP contribution in [0.2, 0.25) is 0 Å². The second kappa shape index (κ2) is 5.97. The van der Waals surface area contributed by atoms with Gasteiger partial charge in [-0.1, -0.05) is 18.2 Å². The number of H-pyrrole nitrogens is 1. The SMILES string of the molecule is CC(=O)OC1(c2ccccc2F)OCCc2c1[nH]c1cccc(C#N)c21. The molecule has 130 valence electrons. The molecule has 0 bridgehead atoms. The van der Waals surface area contributed by atoms with Gasteiger partial charge in [0.2, 0.25) is 0 Å². The Morgan fingerprint density at radius 3 is 2.85 bits per heavy atom. The number of aromatic nitrogens is 1. The predicted molar refractivity (Wildman–Crippen MR) is 91.6 cm³/mol. The van der Waals surface area contributed by atoms with Gasteiger partial charge in [-0.15, -0.1) is 0 Å². The number of esters is 1. The van der Waals surface area contributed by atoms with E-state index in [0.717, 1.165) is 10.9 Å². The van der Waals surface area contributed by atoms with Gasteiger partial charge in [0.15, 0.2) is 0 Å². The van der Waals surface area contributed by atoms with Crippen LogP contribution in [-0.4, -0.2) is 17.6 Å². The van der Waals surface area contributed by atoms with Crippen LogP contribution in [-0.2, 0) is 26.5 Å². The Balaban J connectivity index is 2.07. The second-order valence-corrected chi connectivity index (χ2v) is 6.11. The highest BCUT2D eigenvalue weighted by molar-refractivity contribution is 5.90. The first-order chi connectivity index (χ1) is 12.6. The summed E-state index contributed by atoms with van der Waals surface area (Å²) in [5, 5.41) is 10.2. The third-order valence-electron chi connectivity index (χ3n) is 4.55. The van der Waals surface area contributed by atoms with Crippen molar-refractivity contribution >= 4 is 16.9 Å². The van der Waals surface area contributed by atoms with E-state index in [9.17, 15) is 14.4 Å². The number of carbonyl (C=O) groups excluding carboxylic acids is 1. The van der Waals surface area contributed by atoms with E-state index < -0.39 is 17.6 Å². The van der Waals surface area contributed by atoms with Crippen LogP contribution in [0.15, 0.2) is 42.5 Å². The molecule has 1 aliphatic rings. The summed E-state index contributed by atoms with van der Waals surface area (Å²) in [5.74, 6) is -2.85. The van der Waals surface area contributed by atoms with Crippen molar-refractivity contribution in [3.8, 4) is 6.07 Å². The zero-order chi connectivity index (χ0) is 18.3. The smallest absolute Gasteiger partial charge is 0.305 e. The largest absolute Gasteiger partial charge is 0.422 e. The van der Waals surface area contributed by atoms with E-state index in [1.54, 1.807) is 24.3 Å². The minimum atomic E-state index is -1.71. The molecule has 2 heterocycles. The van der Waals surface area contributed by atoms with Crippen LogP contribution >= 0.6 is 0 Å². The maximum Gasteiger partial charge on any atom is 0.305 e. The Morgan fingerprint density at radius 2 is 2.12 bits per heavy atom. The zero-order valence-electron chi connectivity index (χ0n) is 14.0. The van der Waals surface area contributed by atoms with Crippen molar-refractivity contribution in [2.45, 2.75) is 19.1 Å². The van der Waals surface area contributed by atoms with Gasteiger partial charge in [0, 0.05) is 17.8 Å². The van der Waals surface area contributed by atoms with Crippen LogP contribution in [0.5, 0.6) is 0 Å². The van der Waals surface area contributed by atoms with Gasteiger partial charge in [0.05, 0.1) is 29.5 Å². The highest BCUT2D eigenvalue weighted by Crippen LogP contribution is 2.44. The molecule has 4 rings (SSSR count). The van der Waals surface area contributed by atoms with Crippen molar-refractivity contribution < 1.29 is 18.7 Å². The minimum absolute atomic E-state index is 0.112. The Hall–Kier alpha value is -3.17. The maximum atomic E-state index is 14.6. The summed E-state index contributed by atoms with van der Waals surface area (Å²) in [6, 6.07) is 13.5. The van der Waals surface area contributed by atoms with Gasteiger partial charge in [-0.05, 0) is 36.2 Å². The summed E-state index contributed by atoms with van der Waals surface area (Å²) in [4.78, 5) is 15.1. The lowest BCUT2D eigenvalue weighted by Gasteiger charge is -2.36. The molecule has 3 aromatic rings. The van der Waals surface area contributed by atoms with Gasteiger partial charge in [-0.2, -0.15) is 5.26 Å². The normalized spacial score (nSPS) is 19.0. The molecule has 1 N–H and O–H groups in total. The molecule has 1 aliphatic heterocycles. The van der Waals surface area contributed by atoms with Crippen molar-refractivity contribution in [2.24, 2.45) is 0 Å². The average Bonchev–Trinajstić information content (AvgIpc) is 3.02. The number of halogens is 1. The molecule has 5 nitrogen and oxygen atoms in total. The lowest BCUT2D eigenvalue weighted by atomic mass is 9.93. The molecule has 0 fully saturated rings. The minimum Gasteiger partial charge on any atom is -0.422 e. The number of aromatic amines is 1. The molecule has 2 aromatic carbocycles. The Bertz CT molecular complexity index is 1070. The van der Waals surface area contributed by atoms with E-state index in [1.165, 1.54) is 19.1 Å². The van der Waals surface area contributed by atoms with Crippen molar-refractivity contribution in [1.29, 1.82) is 5.26 Å². The number of benzene rings is 2.